The predicted octanol–water partition coefficient (Wildman–Crippen LogP) is 3.52. The summed E-state index contributed by atoms with van der Waals surface area (Å²) >= 11 is 6.25. The number of halogens is 2. The van der Waals surface area contributed by atoms with Crippen molar-refractivity contribution in [3.8, 4) is 0 Å². The number of piperidine rings is 1. The van der Waals surface area contributed by atoms with Crippen molar-refractivity contribution in [3.63, 3.8) is 0 Å². The van der Waals surface area contributed by atoms with E-state index < -0.39 is 0 Å². The lowest BCUT2D eigenvalue weighted by Gasteiger charge is -2.37. The number of aryl methyl sites for hydroxylation is 2. The molecule has 1 aliphatic rings. The van der Waals surface area contributed by atoms with E-state index in [1.165, 1.54) is 6.42 Å². The van der Waals surface area contributed by atoms with Crippen LogP contribution in [0.15, 0.2) is 12.1 Å². The molecular weight excluding hydrogens is 333 g/mol. The van der Waals surface area contributed by atoms with Gasteiger partial charge in [0.25, 0.3) is 0 Å². The van der Waals surface area contributed by atoms with Crippen molar-refractivity contribution < 1.29 is 4.79 Å². The first-order valence-corrected chi connectivity index (χ1v) is 8.32. The van der Waals surface area contributed by atoms with Crippen LogP contribution in [0.4, 0.5) is 5.69 Å². The third kappa shape index (κ3) is 5.35. The molecule has 130 valence electrons. The number of likely N-dealkylation sites (tertiary alicyclic amines) is 1. The lowest BCUT2D eigenvalue weighted by molar-refractivity contribution is -0.118. The maximum Gasteiger partial charge on any atom is 0.238 e. The number of benzene rings is 1. The zero-order valence-electron chi connectivity index (χ0n) is 14.1. The number of hydrogen-bond acceptors (Lipinski definition) is 3. The monoisotopic (exact) mass is 359 g/mol. The van der Waals surface area contributed by atoms with Crippen molar-refractivity contribution >= 4 is 35.6 Å². The third-order valence-electron chi connectivity index (χ3n) is 4.31. The number of carbonyl (C=O) groups is 1. The molecule has 1 aliphatic heterocycles. The van der Waals surface area contributed by atoms with E-state index in [-0.39, 0.29) is 30.4 Å². The minimum absolute atomic E-state index is 0. The Bertz CT molecular complexity index is 526. The van der Waals surface area contributed by atoms with Gasteiger partial charge in [0.05, 0.1) is 17.3 Å². The molecule has 3 N–H and O–H groups in total. The van der Waals surface area contributed by atoms with E-state index in [0.717, 1.165) is 30.5 Å². The zero-order valence-corrected chi connectivity index (χ0v) is 15.6. The van der Waals surface area contributed by atoms with Crippen LogP contribution in [0.25, 0.3) is 0 Å². The number of anilines is 1. The summed E-state index contributed by atoms with van der Waals surface area (Å²) in [5, 5.41) is 3.55. The molecule has 2 atom stereocenters. The highest BCUT2D eigenvalue weighted by Gasteiger charge is 2.27. The van der Waals surface area contributed by atoms with Crippen molar-refractivity contribution in [1.29, 1.82) is 0 Å². The molecule has 1 saturated heterocycles. The van der Waals surface area contributed by atoms with Crippen molar-refractivity contribution in [2.24, 2.45) is 5.73 Å². The van der Waals surface area contributed by atoms with E-state index in [1.807, 2.05) is 32.9 Å². The molecule has 0 aromatic heterocycles. The highest BCUT2D eigenvalue weighted by molar-refractivity contribution is 6.34. The van der Waals surface area contributed by atoms with Gasteiger partial charge in [-0.3, -0.25) is 9.69 Å². The highest BCUT2D eigenvalue weighted by Crippen LogP contribution is 2.27. The quantitative estimate of drug-likeness (QED) is 0.864. The second-order valence-electron chi connectivity index (χ2n) is 6.38. The summed E-state index contributed by atoms with van der Waals surface area (Å²) in [6.07, 6.45) is 3.38. The van der Waals surface area contributed by atoms with Crippen molar-refractivity contribution in [2.75, 3.05) is 18.4 Å². The number of nitrogens with one attached hydrogen (secondary N) is 1. The van der Waals surface area contributed by atoms with Crippen LogP contribution >= 0.6 is 24.0 Å². The van der Waals surface area contributed by atoms with Gasteiger partial charge < -0.3 is 11.1 Å². The average molecular weight is 360 g/mol. The Morgan fingerprint density at radius 1 is 1.43 bits per heavy atom. The molecule has 4 nitrogen and oxygen atoms in total. The number of rotatable bonds is 4. The van der Waals surface area contributed by atoms with Crippen LogP contribution < -0.4 is 11.1 Å². The Labute approximate surface area is 150 Å². The summed E-state index contributed by atoms with van der Waals surface area (Å²) in [5.41, 5.74) is 8.85. The standard InChI is InChI=1S/C17H26ClN3O.ClH/c1-11-8-12(2)17(14(18)9-11)20-16(22)10-21-7-5-4-6-15(21)13(3)19;/h8-9,13,15H,4-7,10,19H2,1-3H3,(H,20,22);1H. The van der Waals surface area contributed by atoms with Crippen LogP contribution in [0.1, 0.15) is 37.3 Å². The molecular formula is C17H27Cl2N3O. The minimum Gasteiger partial charge on any atom is -0.327 e. The molecule has 0 bridgehead atoms. The molecule has 2 rings (SSSR count). The fourth-order valence-corrected chi connectivity index (χ4v) is 3.61. The molecule has 0 spiro atoms. The Balaban J connectivity index is 0.00000264. The molecule has 6 heteroatoms. The summed E-state index contributed by atoms with van der Waals surface area (Å²) in [4.78, 5) is 14.6. The van der Waals surface area contributed by atoms with Gasteiger partial charge in [0.15, 0.2) is 0 Å². The minimum atomic E-state index is -0.0265. The fourth-order valence-electron chi connectivity index (χ4n) is 3.25. The van der Waals surface area contributed by atoms with E-state index in [4.69, 9.17) is 17.3 Å². The van der Waals surface area contributed by atoms with Gasteiger partial charge in [-0.15, -0.1) is 12.4 Å². The topological polar surface area (TPSA) is 58.4 Å². The van der Waals surface area contributed by atoms with Crippen LogP contribution in [0.3, 0.4) is 0 Å². The second kappa shape index (κ2) is 8.88. The van der Waals surface area contributed by atoms with Crippen LogP contribution in [0.2, 0.25) is 5.02 Å². The van der Waals surface area contributed by atoms with Crippen molar-refractivity contribution in [1.82, 2.24) is 4.90 Å². The van der Waals surface area contributed by atoms with Gasteiger partial charge in [-0.2, -0.15) is 0 Å². The highest BCUT2D eigenvalue weighted by atomic mass is 35.5. The lowest BCUT2D eigenvalue weighted by Crippen LogP contribution is -2.51. The number of nitrogens with two attached hydrogens (primary N) is 1. The van der Waals surface area contributed by atoms with Gasteiger partial charge in [-0.1, -0.05) is 24.1 Å². The molecule has 0 aliphatic carbocycles. The van der Waals surface area contributed by atoms with Crippen LogP contribution in [0.5, 0.6) is 0 Å². The van der Waals surface area contributed by atoms with E-state index in [2.05, 4.69) is 10.2 Å². The van der Waals surface area contributed by atoms with Crippen LogP contribution in [0, 0.1) is 13.8 Å². The molecule has 1 amide bonds. The largest absolute Gasteiger partial charge is 0.327 e. The maximum atomic E-state index is 12.4. The van der Waals surface area contributed by atoms with E-state index in [9.17, 15) is 4.79 Å². The first-order chi connectivity index (χ1) is 10.4. The molecule has 1 fully saturated rings. The summed E-state index contributed by atoms with van der Waals surface area (Å²) in [5.74, 6) is -0.0265. The molecule has 0 radical (unpaired) electrons. The van der Waals surface area contributed by atoms with Gasteiger partial charge in [0.1, 0.15) is 0 Å². The van der Waals surface area contributed by atoms with Crippen LogP contribution in [-0.2, 0) is 4.79 Å². The second-order valence-corrected chi connectivity index (χ2v) is 6.79. The average Bonchev–Trinajstić information content (AvgIpc) is 2.43. The van der Waals surface area contributed by atoms with E-state index in [1.54, 1.807) is 0 Å². The number of amides is 1. The van der Waals surface area contributed by atoms with E-state index in [0.29, 0.717) is 17.3 Å². The Hall–Kier alpha value is -0.810. The summed E-state index contributed by atoms with van der Waals surface area (Å²) in [6, 6.07) is 4.26. The Morgan fingerprint density at radius 2 is 2.13 bits per heavy atom. The maximum absolute atomic E-state index is 12.4. The normalized spacial score (nSPS) is 19.8. The number of hydrogen-bond donors (Lipinski definition) is 2. The smallest absolute Gasteiger partial charge is 0.238 e. The summed E-state index contributed by atoms with van der Waals surface area (Å²) < 4.78 is 0. The first kappa shape index (κ1) is 20.2. The van der Waals surface area contributed by atoms with Gasteiger partial charge >= 0.3 is 0 Å². The summed E-state index contributed by atoms with van der Waals surface area (Å²) in [6.45, 7) is 7.27. The third-order valence-corrected chi connectivity index (χ3v) is 4.61. The van der Waals surface area contributed by atoms with Gasteiger partial charge in [0, 0.05) is 12.1 Å². The Morgan fingerprint density at radius 3 is 2.74 bits per heavy atom. The van der Waals surface area contributed by atoms with Gasteiger partial charge in [-0.25, -0.2) is 0 Å². The number of nitrogens with zero attached hydrogens (tertiary/aromatic N) is 1. The van der Waals surface area contributed by atoms with Crippen molar-refractivity contribution in [2.45, 2.75) is 52.1 Å². The zero-order chi connectivity index (χ0) is 16.3. The molecule has 23 heavy (non-hydrogen) atoms. The van der Waals surface area contributed by atoms with Crippen molar-refractivity contribution in [3.05, 3.63) is 28.3 Å². The Kier molecular flexibility index (Phi) is 7.81. The van der Waals surface area contributed by atoms with E-state index >= 15 is 0 Å². The molecule has 1 aromatic rings. The fraction of sp³-hybridized carbons (Fsp3) is 0.588. The lowest BCUT2D eigenvalue weighted by atomic mass is 9.97. The van der Waals surface area contributed by atoms with Gasteiger partial charge in [-0.05, 0) is 57.4 Å². The first-order valence-electron chi connectivity index (χ1n) is 7.94. The number of carbonyl (C=O) groups excluding carboxylic acids is 1. The van der Waals surface area contributed by atoms with Crippen LogP contribution in [-0.4, -0.2) is 36.0 Å². The molecule has 1 heterocycles. The molecule has 1 aromatic carbocycles. The molecule has 0 saturated carbocycles. The predicted molar refractivity (Wildman–Crippen MR) is 99.7 cm³/mol. The summed E-state index contributed by atoms with van der Waals surface area (Å²) in [7, 11) is 0. The van der Waals surface area contributed by atoms with Gasteiger partial charge in [0.2, 0.25) is 5.91 Å². The molecule has 2 unspecified atom stereocenters. The SMILES string of the molecule is Cc1cc(C)c(NC(=O)CN2CCCCC2C(C)N)c(Cl)c1.Cl.